The Bertz CT molecular complexity index is 510. The first-order chi connectivity index (χ1) is 8.47. The first kappa shape index (κ1) is 15.7. The highest BCUT2D eigenvalue weighted by Crippen LogP contribution is 2.23. The van der Waals surface area contributed by atoms with Gasteiger partial charge in [-0.15, -0.1) is 12.4 Å². The lowest BCUT2D eigenvalue weighted by Crippen LogP contribution is -2.31. The van der Waals surface area contributed by atoms with Crippen molar-refractivity contribution in [2.45, 2.75) is 12.5 Å². The fourth-order valence-corrected chi connectivity index (χ4v) is 2.19. The summed E-state index contributed by atoms with van der Waals surface area (Å²) in [5.74, 6) is -0.270. The third kappa shape index (κ3) is 3.56. The molecular weight excluding hydrogens is 293 g/mol. The monoisotopic (exact) mass is 305 g/mol. The largest absolute Gasteiger partial charge is 0.337 e. The molecule has 0 saturated carbocycles. The molecule has 2 N–H and O–H groups in total. The number of amides is 1. The maximum atomic E-state index is 12.1. The molecule has 0 spiro atoms. The number of hydrogen-bond acceptors (Lipinski definition) is 4. The summed E-state index contributed by atoms with van der Waals surface area (Å²) >= 11 is 5.77. The van der Waals surface area contributed by atoms with Crippen LogP contribution in [0.4, 0.5) is 5.69 Å². The number of nitrogens with zero attached hydrogens (tertiary/aromatic N) is 2. The Balaban J connectivity index is 0.00000180. The number of non-ortho nitro benzene ring substituents is 1. The van der Waals surface area contributed by atoms with E-state index in [9.17, 15) is 14.9 Å². The number of nitro benzene ring substituents is 1. The van der Waals surface area contributed by atoms with Gasteiger partial charge in [0.25, 0.3) is 11.6 Å². The highest BCUT2D eigenvalue weighted by Gasteiger charge is 2.25. The van der Waals surface area contributed by atoms with E-state index in [-0.39, 0.29) is 40.6 Å². The SMILES string of the molecule is Cl.N[C@@H]1CCN(C(=O)c2cc(Cl)cc([N+](=O)[O-])c2)C1. The Morgan fingerprint density at radius 2 is 2.16 bits per heavy atom. The lowest BCUT2D eigenvalue weighted by Gasteiger charge is -2.15. The Kier molecular flexibility index (Phi) is 5.11. The van der Waals surface area contributed by atoms with Crippen LogP contribution in [0.2, 0.25) is 5.02 Å². The highest BCUT2D eigenvalue weighted by molar-refractivity contribution is 6.31. The van der Waals surface area contributed by atoms with Gasteiger partial charge in [-0.3, -0.25) is 14.9 Å². The first-order valence-corrected chi connectivity index (χ1v) is 5.85. The smallest absolute Gasteiger partial charge is 0.271 e. The molecule has 1 aromatic rings. The Labute approximate surface area is 121 Å². The fourth-order valence-electron chi connectivity index (χ4n) is 1.96. The number of halogens is 2. The molecular formula is C11H13Cl2N3O3. The third-order valence-corrected chi connectivity index (χ3v) is 3.07. The van der Waals surface area contributed by atoms with Crippen LogP contribution in [0.1, 0.15) is 16.8 Å². The van der Waals surface area contributed by atoms with Gasteiger partial charge in [0.15, 0.2) is 0 Å². The molecule has 1 amide bonds. The van der Waals surface area contributed by atoms with Gasteiger partial charge in [-0.1, -0.05) is 11.6 Å². The van der Waals surface area contributed by atoms with Crippen LogP contribution in [0, 0.1) is 10.1 Å². The lowest BCUT2D eigenvalue weighted by atomic mass is 10.2. The van der Waals surface area contributed by atoms with Gasteiger partial charge in [-0.05, 0) is 12.5 Å². The number of benzene rings is 1. The van der Waals surface area contributed by atoms with Crippen LogP contribution in [0.25, 0.3) is 0 Å². The molecule has 1 saturated heterocycles. The van der Waals surface area contributed by atoms with E-state index in [2.05, 4.69) is 0 Å². The average Bonchev–Trinajstić information content (AvgIpc) is 2.74. The van der Waals surface area contributed by atoms with Crippen molar-refractivity contribution in [3.8, 4) is 0 Å². The third-order valence-electron chi connectivity index (χ3n) is 2.85. The van der Waals surface area contributed by atoms with E-state index in [1.807, 2.05) is 0 Å². The summed E-state index contributed by atoms with van der Waals surface area (Å²) in [6.07, 6.45) is 0.744. The summed E-state index contributed by atoms with van der Waals surface area (Å²) in [7, 11) is 0. The van der Waals surface area contributed by atoms with Crippen molar-refractivity contribution in [1.82, 2.24) is 4.90 Å². The van der Waals surface area contributed by atoms with Gasteiger partial charge in [-0.25, -0.2) is 0 Å². The second kappa shape index (κ2) is 6.18. The average molecular weight is 306 g/mol. The van der Waals surface area contributed by atoms with Gasteiger partial charge < -0.3 is 10.6 Å². The van der Waals surface area contributed by atoms with Crippen LogP contribution in [0.15, 0.2) is 18.2 Å². The van der Waals surface area contributed by atoms with Crippen molar-refractivity contribution in [1.29, 1.82) is 0 Å². The molecule has 19 heavy (non-hydrogen) atoms. The van der Waals surface area contributed by atoms with E-state index in [1.54, 1.807) is 4.90 Å². The number of likely N-dealkylation sites (tertiary alicyclic amines) is 1. The second-order valence-corrected chi connectivity index (χ2v) is 4.69. The molecule has 1 atom stereocenters. The molecule has 1 aliphatic heterocycles. The molecule has 2 rings (SSSR count). The summed E-state index contributed by atoms with van der Waals surface area (Å²) in [5.41, 5.74) is 5.76. The molecule has 1 fully saturated rings. The maximum Gasteiger partial charge on any atom is 0.271 e. The minimum absolute atomic E-state index is 0. The van der Waals surface area contributed by atoms with Crippen LogP contribution < -0.4 is 5.73 Å². The quantitative estimate of drug-likeness (QED) is 0.667. The molecule has 8 heteroatoms. The van der Waals surface area contributed by atoms with E-state index in [4.69, 9.17) is 17.3 Å². The molecule has 1 heterocycles. The fraction of sp³-hybridized carbons (Fsp3) is 0.364. The minimum atomic E-state index is -0.571. The molecule has 1 aromatic carbocycles. The topological polar surface area (TPSA) is 89.5 Å². The zero-order valence-electron chi connectivity index (χ0n) is 9.91. The van der Waals surface area contributed by atoms with Crippen molar-refractivity contribution < 1.29 is 9.72 Å². The van der Waals surface area contributed by atoms with E-state index >= 15 is 0 Å². The van der Waals surface area contributed by atoms with Gasteiger partial charge >= 0.3 is 0 Å². The van der Waals surface area contributed by atoms with E-state index in [0.717, 1.165) is 6.42 Å². The van der Waals surface area contributed by atoms with E-state index < -0.39 is 4.92 Å². The van der Waals surface area contributed by atoms with Gasteiger partial charge in [0.2, 0.25) is 0 Å². The summed E-state index contributed by atoms with van der Waals surface area (Å²) in [6.45, 7) is 1.04. The number of hydrogen-bond donors (Lipinski definition) is 1. The van der Waals surface area contributed by atoms with Crippen molar-refractivity contribution in [2.24, 2.45) is 5.73 Å². The zero-order chi connectivity index (χ0) is 13.3. The summed E-state index contributed by atoms with van der Waals surface area (Å²) in [5, 5.41) is 10.9. The standard InChI is InChI=1S/C11H12ClN3O3.ClH/c12-8-3-7(4-10(5-8)15(17)18)11(16)14-2-1-9(13)6-14;/h3-5,9H,1-2,6,13H2;1H/t9-;/m1./s1. The molecule has 0 bridgehead atoms. The molecule has 0 unspecified atom stereocenters. The van der Waals surface area contributed by atoms with Crippen molar-refractivity contribution >= 4 is 35.6 Å². The number of carbonyl (C=O) groups is 1. The van der Waals surface area contributed by atoms with Crippen LogP contribution >= 0.6 is 24.0 Å². The number of carbonyl (C=O) groups excluding carboxylic acids is 1. The number of rotatable bonds is 2. The van der Waals surface area contributed by atoms with Crippen LogP contribution in [0.5, 0.6) is 0 Å². The summed E-state index contributed by atoms with van der Waals surface area (Å²) in [4.78, 5) is 23.8. The van der Waals surface area contributed by atoms with Crippen LogP contribution in [-0.4, -0.2) is 34.9 Å². The predicted octanol–water partition coefficient (Wildman–Crippen LogP) is 1.84. The molecule has 1 aliphatic rings. The Morgan fingerprint density at radius 3 is 2.68 bits per heavy atom. The van der Waals surface area contributed by atoms with Gasteiger partial charge in [-0.2, -0.15) is 0 Å². The maximum absolute atomic E-state index is 12.1. The Morgan fingerprint density at radius 1 is 1.47 bits per heavy atom. The van der Waals surface area contributed by atoms with Crippen LogP contribution in [-0.2, 0) is 0 Å². The van der Waals surface area contributed by atoms with Crippen molar-refractivity contribution in [3.05, 3.63) is 38.9 Å². The molecule has 0 aliphatic carbocycles. The van der Waals surface area contributed by atoms with Gasteiger partial charge in [0.05, 0.1) is 4.92 Å². The van der Waals surface area contributed by atoms with Gasteiger partial charge in [0, 0.05) is 41.9 Å². The summed E-state index contributed by atoms with van der Waals surface area (Å²) in [6, 6.07) is 3.86. The normalized spacial score (nSPS) is 18.0. The second-order valence-electron chi connectivity index (χ2n) is 4.26. The number of nitrogens with two attached hydrogens (primary N) is 1. The first-order valence-electron chi connectivity index (χ1n) is 5.47. The molecule has 104 valence electrons. The number of nitro groups is 1. The highest BCUT2D eigenvalue weighted by atomic mass is 35.5. The van der Waals surface area contributed by atoms with Crippen molar-refractivity contribution in [2.75, 3.05) is 13.1 Å². The minimum Gasteiger partial charge on any atom is -0.337 e. The molecule has 0 radical (unpaired) electrons. The van der Waals surface area contributed by atoms with E-state index in [0.29, 0.717) is 13.1 Å². The van der Waals surface area contributed by atoms with E-state index in [1.165, 1.54) is 18.2 Å². The molecule has 0 aromatic heterocycles. The van der Waals surface area contributed by atoms with Crippen molar-refractivity contribution in [3.63, 3.8) is 0 Å². The summed E-state index contributed by atoms with van der Waals surface area (Å²) < 4.78 is 0. The Hall–Kier alpha value is -1.37. The van der Waals surface area contributed by atoms with Crippen LogP contribution in [0.3, 0.4) is 0 Å². The molecule has 6 nitrogen and oxygen atoms in total. The predicted molar refractivity (Wildman–Crippen MR) is 73.9 cm³/mol. The van der Waals surface area contributed by atoms with Gasteiger partial charge in [0.1, 0.15) is 0 Å². The lowest BCUT2D eigenvalue weighted by molar-refractivity contribution is -0.384. The zero-order valence-corrected chi connectivity index (χ0v) is 11.5.